The number of carbonyl (C=O) groups excluding carboxylic acids is 5. The minimum absolute atomic E-state index is 0.0203. The van der Waals surface area contributed by atoms with Gasteiger partial charge >= 0.3 is 41.8 Å². The van der Waals surface area contributed by atoms with Crippen LogP contribution in [0.3, 0.4) is 0 Å². The number of ether oxygens (including phenoxy) is 2. The molecule has 1 spiro atoms. The highest BCUT2D eigenvalue weighted by molar-refractivity contribution is 7.80. The summed E-state index contributed by atoms with van der Waals surface area (Å²) < 4.78 is 12.0. The third-order valence-corrected chi connectivity index (χ3v) is 11.8. The molecular formula is C47H53N7O19S. The van der Waals surface area contributed by atoms with Gasteiger partial charge in [-0.3, -0.25) is 19.2 Å². The Hall–Kier alpha value is -8.75. The van der Waals surface area contributed by atoms with E-state index in [1.165, 1.54) is 24.3 Å². The topological polar surface area (TPSA) is 415 Å². The summed E-state index contributed by atoms with van der Waals surface area (Å²) in [4.78, 5) is 121. The second-order valence-electron chi connectivity index (χ2n) is 17.0. The molecule has 26 nitrogen and oxygen atoms in total. The number of carboxylic acid groups (broad SMARTS) is 5. The number of fused-ring (bicyclic) bond motifs is 6. The number of rotatable bonds is 27. The number of phenols is 2. The van der Waals surface area contributed by atoms with E-state index in [1.54, 1.807) is 30.3 Å². The van der Waals surface area contributed by atoms with Gasteiger partial charge in [-0.25, -0.2) is 28.8 Å². The normalized spacial score (nSPS) is 14.1. The van der Waals surface area contributed by atoms with Crippen molar-refractivity contribution in [2.45, 2.75) is 100 Å². The maximum atomic E-state index is 13.4. The van der Waals surface area contributed by atoms with E-state index in [0.717, 1.165) is 0 Å². The lowest BCUT2D eigenvalue weighted by Crippen LogP contribution is -2.51. The molecule has 0 bridgehead atoms. The van der Waals surface area contributed by atoms with Crippen LogP contribution in [-0.4, -0.2) is 138 Å². The second-order valence-corrected chi connectivity index (χ2v) is 17.4. The molecule has 0 saturated heterocycles. The molecule has 4 unspecified atom stereocenters. The van der Waals surface area contributed by atoms with Gasteiger partial charge in [-0.1, -0.05) is 6.07 Å². The highest BCUT2D eigenvalue weighted by Crippen LogP contribution is 2.57. The summed E-state index contributed by atoms with van der Waals surface area (Å²) in [6.45, 7) is 0.177. The standard InChI is InChI=1S/C47H53N7O19S/c55-24-7-10-28-34(21-24)72-35-22-25(56)8-11-29(35)47(28)27-9-6-23(20-26(27)44(70)73-47)50-46(74)49-19-3-5-37(58)51-32(42(66)67)13-16-38(59)52-31(41(64)65)12-15-36(57)48-18-2-1-4-30(40(62)63)53-45(71)54-33(43(68)69)14-17-39(60)61/h6-11,20-22,30-33,55-56H,1-5,12-19H2,(H,48,57)(H,51,58)(H,52,59)(H,60,61)(H,62,63)(H,64,65)(H,66,67)(H,68,69)(H2,49,50,74)(H2,53,54,71). The number of thiocarbonyl (C=S) groups is 1. The molecule has 3 aromatic rings. The van der Waals surface area contributed by atoms with Crippen molar-refractivity contribution in [3.8, 4) is 23.0 Å². The summed E-state index contributed by atoms with van der Waals surface area (Å²) in [6.07, 6.45) is -2.35. The van der Waals surface area contributed by atoms with Crippen LogP contribution in [0, 0.1) is 0 Å². The molecule has 2 aliphatic heterocycles. The number of urea groups is 1. The number of esters is 1. The first-order valence-electron chi connectivity index (χ1n) is 22.9. The number of aromatic hydroxyl groups is 2. The van der Waals surface area contributed by atoms with Crippen LogP contribution < -0.4 is 42.0 Å². The van der Waals surface area contributed by atoms with Gasteiger partial charge in [0.05, 0.1) is 5.56 Å². The van der Waals surface area contributed by atoms with Crippen molar-refractivity contribution in [3.63, 3.8) is 0 Å². The minimum Gasteiger partial charge on any atom is -0.508 e. The summed E-state index contributed by atoms with van der Waals surface area (Å²) in [5.41, 5.74) is 0.537. The highest BCUT2D eigenvalue weighted by atomic mass is 32.1. The molecule has 0 aliphatic carbocycles. The fourth-order valence-electron chi connectivity index (χ4n) is 7.94. The molecule has 4 atom stereocenters. The fourth-order valence-corrected chi connectivity index (χ4v) is 8.16. The summed E-state index contributed by atoms with van der Waals surface area (Å²) in [7, 11) is 0. The van der Waals surface area contributed by atoms with Crippen molar-refractivity contribution in [2.75, 3.05) is 18.4 Å². The summed E-state index contributed by atoms with van der Waals surface area (Å²) in [5.74, 6) is -9.70. The Morgan fingerprint density at radius 1 is 0.541 bits per heavy atom. The lowest BCUT2D eigenvalue weighted by molar-refractivity contribution is -0.143. The van der Waals surface area contributed by atoms with E-state index in [0.29, 0.717) is 22.4 Å². The number of anilines is 1. The zero-order valence-electron chi connectivity index (χ0n) is 39.1. The summed E-state index contributed by atoms with van der Waals surface area (Å²) in [6, 6.07) is 6.45. The SMILES string of the molecule is O=C(O)CCC(NC(=O)NC(CCCCNC(=O)CCC(NC(=O)CCC(NC(=O)CCCNC(=S)Nc1ccc2c(c1)C(=O)OC21c2ccc(O)cc2Oc2cc(O)ccc21)C(=O)O)C(=O)O)C(=O)O)C(=O)O. The number of benzene rings is 3. The molecule has 0 aromatic heterocycles. The van der Waals surface area contributed by atoms with E-state index >= 15 is 0 Å². The van der Waals surface area contributed by atoms with E-state index in [-0.39, 0.29) is 91.7 Å². The number of amides is 5. The Balaban J connectivity index is 0.992. The molecule has 14 N–H and O–H groups in total. The van der Waals surface area contributed by atoms with Crippen LogP contribution in [0.15, 0.2) is 54.6 Å². The molecule has 74 heavy (non-hydrogen) atoms. The molecule has 2 heterocycles. The minimum atomic E-state index is -1.58. The van der Waals surface area contributed by atoms with Crippen molar-refractivity contribution in [2.24, 2.45) is 0 Å². The van der Waals surface area contributed by atoms with Gasteiger partial charge in [0.1, 0.15) is 47.2 Å². The van der Waals surface area contributed by atoms with Crippen LogP contribution in [0.4, 0.5) is 10.5 Å². The molecule has 0 fully saturated rings. The van der Waals surface area contributed by atoms with Crippen LogP contribution in [0.25, 0.3) is 0 Å². The van der Waals surface area contributed by atoms with Crippen LogP contribution >= 0.6 is 12.2 Å². The largest absolute Gasteiger partial charge is 0.508 e. The highest BCUT2D eigenvalue weighted by Gasteiger charge is 2.53. The van der Waals surface area contributed by atoms with Crippen LogP contribution in [0.5, 0.6) is 23.0 Å². The summed E-state index contributed by atoms with van der Waals surface area (Å²) >= 11 is 5.41. The second kappa shape index (κ2) is 25.6. The predicted molar refractivity (Wildman–Crippen MR) is 257 cm³/mol. The number of unbranched alkanes of at least 4 members (excludes halogenated alkanes) is 1. The Morgan fingerprint density at radius 2 is 1.03 bits per heavy atom. The molecule has 3 aromatic carbocycles. The molecule has 5 rings (SSSR count). The molecule has 5 amide bonds. The summed E-state index contributed by atoms with van der Waals surface area (Å²) in [5, 5.41) is 84.2. The Morgan fingerprint density at radius 3 is 1.58 bits per heavy atom. The molecule has 2 aliphatic rings. The first kappa shape index (κ1) is 56.2. The van der Waals surface area contributed by atoms with Crippen LogP contribution in [0.1, 0.15) is 97.7 Å². The van der Waals surface area contributed by atoms with E-state index < -0.39 is 115 Å². The van der Waals surface area contributed by atoms with Gasteiger partial charge < -0.3 is 82.4 Å². The van der Waals surface area contributed by atoms with Crippen molar-refractivity contribution >= 4 is 82.6 Å². The number of hydrogen-bond donors (Lipinski definition) is 14. The van der Waals surface area contributed by atoms with Gasteiger partial charge in [-0.05, 0) is 93.6 Å². The smallest absolute Gasteiger partial charge is 0.340 e. The van der Waals surface area contributed by atoms with Gasteiger partial charge in [-0.2, -0.15) is 0 Å². The number of nitrogens with one attached hydrogen (secondary N) is 7. The Kier molecular flexibility index (Phi) is 19.4. The third kappa shape index (κ3) is 15.1. The van der Waals surface area contributed by atoms with E-state index in [1.807, 2.05) is 5.32 Å². The zero-order chi connectivity index (χ0) is 54.3. The van der Waals surface area contributed by atoms with Crippen molar-refractivity contribution in [1.29, 1.82) is 0 Å². The average Bonchev–Trinajstić information content (AvgIpc) is 3.61. The van der Waals surface area contributed by atoms with Gasteiger partial charge in [0, 0.05) is 73.3 Å². The lowest BCUT2D eigenvalue weighted by Gasteiger charge is -2.36. The number of carbonyl (C=O) groups is 10. The van der Waals surface area contributed by atoms with Gasteiger partial charge in [0.15, 0.2) is 10.7 Å². The van der Waals surface area contributed by atoms with Crippen LogP contribution in [0.2, 0.25) is 0 Å². The number of hydrogen-bond acceptors (Lipinski definition) is 15. The molecule has 27 heteroatoms. The van der Waals surface area contributed by atoms with Crippen molar-refractivity contribution in [3.05, 3.63) is 76.9 Å². The van der Waals surface area contributed by atoms with E-state index in [4.69, 9.17) is 26.8 Å². The van der Waals surface area contributed by atoms with Gasteiger partial charge in [0.25, 0.3) is 0 Å². The van der Waals surface area contributed by atoms with Crippen molar-refractivity contribution < 1.29 is 93.2 Å². The lowest BCUT2D eigenvalue weighted by atomic mass is 9.77. The number of aliphatic carboxylic acids is 5. The van der Waals surface area contributed by atoms with Gasteiger partial charge in [0.2, 0.25) is 17.7 Å². The Bertz CT molecular complexity index is 2650. The Labute approximate surface area is 425 Å². The molecular weight excluding hydrogens is 999 g/mol. The first-order chi connectivity index (χ1) is 35.1. The monoisotopic (exact) mass is 1050 g/mol. The fraction of sp³-hybridized carbons (Fsp3) is 0.383. The maximum Gasteiger partial charge on any atom is 0.340 e. The number of carboxylic acids is 5. The van der Waals surface area contributed by atoms with Crippen LogP contribution in [-0.2, 0) is 48.7 Å². The molecule has 396 valence electrons. The van der Waals surface area contributed by atoms with Gasteiger partial charge in [-0.15, -0.1) is 0 Å². The number of phenolic OH excluding ortho intramolecular Hbond substituents is 2. The predicted octanol–water partition coefficient (Wildman–Crippen LogP) is 1.79. The van der Waals surface area contributed by atoms with E-state index in [2.05, 4.69) is 31.9 Å². The first-order valence-corrected chi connectivity index (χ1v) is 23.3. The maximum absolute atomic E-state index is 13.4. The van der Waals surface area contributed by atoms with Crippen molar-refractivity contribution in [1.82, 2.24) is 31.9 Å². The van der Waals surface area contributed by atoms with E-state index in [9.17, 15) is 78.6 Å². The molecule has 0 radical (unpaired) electrons. The molecule has 0 saturated carbocycles. The quantitative estimate of drug-likeness (QED) is 0.0294. The third-order valence-electron chi connectivity index (χ3n) is 11.6. The average molecular weight is 1050 g/mol. The zero-order valence-corrected chi connectivity index (χ0v) is 40.0.